The normalized spacial score (nSPS) is 12.1. The topological polar surface area (TPSA) is 152 Å². The van der Waals surface area contributed by atoms with E-state index in [2.05, 4.69) is 5.32 Å². The Hall–Kier alpha value is -3.94. The number of hydrogen-bond acceptors (Lipinski definition) is 9. The monoisotopic (exact) mass is 723 g/mol. The third-order valence-corrected chi connectivity index (χ3v) is 10.0. The first-order valence-corrected chi connectivity index (χ1v) is 17.3. The van der Waals surface area contributed by atoms with Crippen molar-refractivity contribution < 1.29 is 48.9 Å². The lowest BCUT2D eigenvalue weighted by atomic mass is 9.84. The Morgan fingerprint density at radius 2 is 1.15 bits per heavy atom. The summed E-state index contributed by atoms with van der Waals surface area (Å²) < 4.78 is 40.5. The van der Waals surface area contributed by atoms with Gasteiger partial charge in [-0.05, 0) is 102 Å². The van der Waals surface area contributed by atoms with Crippen LogP contribution in [0.1, 0.15) is 57.4 Å². The molecule has 9 nitrogen and oxygen atoms in total. The van der Waals surface area contributed by atoms with Crippen LogP contribution in [0.2, 0.25) is 0 Å². The van der Waals surface area contributed by atoms with Crippen LogP contribution in [0.15, 0.2) is 72.8 Å². The Labute approximate surface area is 304 Å². The van der Waals surface area contributed by atoms with Crippen LogP contribution in [0.4, 0.5) is 8.78 Å². The molecule has 0 aliphatic carbocycles. The van der Waals surface area contributed by atoms with Gasteiger partial charge in [-0.15, -0.1) is 0 Å². The van der Waals surface area contributed by atoms with E-state index in [0.717, 1.165) is 44.5 Å². The molecular weight excluding hydrogens is 672 g/mol. The highest BCUT2D eigenvalue weighted by Crippen LogP contribution is 2.35. The first-order valence-electron chi connectivity index (χ1n) is 17.3. The van der Waals surface area contributed by atoms with Gasteiger partial charge in [0, 0.05) is 12.0 Å². The molecule has 0 fully saturated rings. The van der Waals surface area contributed by atoms with Crippen LogP contribution in [-0.2, 0) is 26.2 Å². The number of hydrogen-bond donors (Lipinski definition) is 7. The summed E-state index contributed by atoms with van der Waals surface area (Å²) >= 11 is 0. The fourth-order valence-corrected chi connectivity index (χ4v) is 6.02. The van der Waals surface area contributed by atoms with Crippen molar-refractivity contribution in [3.8, 4) is 22.6 Å². The van der Waals surface area contributed by atoms with Crippen molar-refractivity contribution in [1.29, 1.82) is 0 Å². The highest BCUT2D eigenvalue weighted by molar-refractivity contribution is 5.72. The summed E-state index contributed by atoms with van der Waals surface area (Å²) in [6, 6.07) is 22.2. The van der Waals surface area contributed by atoms with E-state index in [-0.39, 0.29) is 24.3 Å². The minimum atomic E-state index is -2.78. The molecule has 0 unspecified atom stereocenters. The Morgan fingerprint density at radius 1 is 0.635 bits per heavy atom. The molecule has 0 saturated carbocycles. The number of halogens is 2. The zero-order chi connectivity index (χ0) is 37.9. The average Bonchev–Trinajstić information content (AvgIpc) is 3.16. The molecule has 0 atom stereocenters. The Bertz CT molecular complexity index is 1740. The molecule has 0 radical (unpaired) electrons. The van der Waals surface area contributed by atoms with Gasteiger partial charge in [0.05, 0.1) is 50.7 Å². The summed E-state index contributed by atoms with van der Waals surface area (Å²) in [4.78, 5) is 0. The smallest absolute Gasteiger partial charge is 0.267 e. The Morgan fingerprint density at radius 3 is 1.65 bits per heavy atom. The highest BCUT2D eigenvalue weighted by Gasteiger charge is 2.29. The minimum Gasteiger partial charge on any atom is -0.489 e. The van der Waals surface area contributed by atoms with Gasteiger partial charge < -0.3 is 45.4 Å². The number of rotatable bonds is 20. The SMILES string of the molecule is Cc1cc(CNC(CO)(CO)CO)ccc1OCc1cccc(-c2cccc(COc3ccc(CCC(CO)(CO)CO)cc3C(F)F)c2C)c1C. The predicted octanol–water partition coefficient (Wildman–Crippen LogP) is 5.08. The third-order valence-electron chi connectivity index (χ3n) is 10.0. The molecule has 0 aliphatic heterocycles. The number of alkyl halides is 2. The minimum absolute atomic E-state index is 0.0739. The molecule has 0 aromatic heterocycles. The molecule has 7 N–H and O–H groups in total. The second-order valence-electron chi connectivity index (χ2n) is 13.6. The van der Waals surface area contributed by atoms with E-state index in [1.54, 1.807) is 6.07 Å². The van der Waals surface area contributed by atoms with E-state index >= 15 is 0 Å². The maximum atomic E-state index is 14.1. The van der Waals surface area contributed by atoms with Gasteiger partial charge >= 0.3 is 0 Å². The summed E-state index contributed by atoms with van der Waals surface area (Å²) in [5.41, 5.74) is 5.77. The fraction of sp³-hybridized carbons (Fsp3) is 0.415. The summed E-state index contributed by atoms with van der Waals surface area (Å²) in [6.45, 7) is 4.26. The molecule has 0 bridgehead atoms. The van der Waals surface area contributed by atoms with Gasteiger partial charge in [0.2, 0.25) is 0 Å². The molecule has 4 aromatic carbocycles. The number of aryl methyl sites for hydroxylation is 2. The first kappa shape index (κ1) is 40.8. The predicted molar refractivity (Wildman–Crippen MR) is 195 cm³/mol. The van der Waals surface area contributed by atoms with Crippen molar-refractivity contribution in [3.63, 3.8) is 0 Å². The quantitative estimate of drug-likeness (QED) is 0.0663. The molecule has 0 heterocycles. The zero-order valence-corrected chi connectivity index (χ0v) is 30.0. The van der Waals surface area contributed by atoms with Crippen LogP contribution in [-0.4, -0.2) is 75.8 Å². The van der Waals surface area contributed by atoms with E-state index in [1.807, 2.05) is 75.4 Å². The number of nitrogens with one attached hydrogen (secondary N) is 1. The van der Waals surface area contributed by atoms with E-state index < -0.39 is 57.0 Å². The van der Waals surface area contributed by atoms with E-state index in [4.69, 9.17) is 9.47 Å². The number of benzene rings is 4. The molecule has 0 saturated heterocycles. The zero-order valence-electron chi connectivity index (χ0n) is 30.0. The molecule has 0 spiro atoms. The summed E-state index contributed by atoms with van der Waals surface area (Å²) in [7, 11) is 0. The van der Waals surface area contributed by atoms with Crippen molar-refractivity contribution in [2.24, 2.45) is 5.41 Å². The van der Waals surface area contributed by atoms with E-state index in [1.165, 1.54) is 12.1 Å². The van der Waals surface area contributed by atoms with Crippen LogP contribution in [0.5, 0.6) is 11.5 Å². The second kappa shape index (κ2) is 18.7. The van der Waals surface area contributed by atoms with Gasteiger partial charge in [-0.1, -0.05) is 54.6 Å². The van der Waals surface area contributed by atoms with Crippen molar-refractivity contribution in [1.82, 2.24) is 5.32 Å². The average molecular weight is 724 g/mol. The van der Waals surface area contributed by atoms with Crippen LogP contribution in [0.3, 0.4) is 0 Å². The summed E-state index contributed by atoms with van der Waals surface area (Å²) in [5, 5.41) is 60.6. The Balaban J connectivity index is 1.46. The lowest BCUT2D eigenvalue weighted by molar-refractivity contribution is -0.000293. The number of aliphatic hydroxyl groups excluding tert-OH is 6. The number of aliphatic hydroxyl groups is 6. The van der Waals surface area contributed by atoms with Gasteiger partial charge in [0.25, 0.3) is 6.43 Å². The molecule has 0 aliphatic rings. The van der Waals surface area contributed by atoms with Gasteiger partial charge in [-0.25, -0.2) is 8.78 Å². The largest absolute Gasteiger partial charge is 0.489 e. The maximum absolute atomic E-state index is 14.1. The van der Waals surface area contributed by atoms with E-state index in [0.29, 0.717) is 30.9 Å². The Kier molecular flexibility index (Phi) is 14.7. The highest BCUT2D eigenvalue weighted by atomic mass is 19.3. The molecule has 4 aromatic rings. The lowest BCUT2D eigenvalue weighted by Crippen LogP contribution is -2.54. The number of ether oxygens (including phenoxy) is 2. The van der Waals surface area contributed by atoms with Crippen LogP contribution in [0.25, 0.3) is 11.1 Å². The van der Waals surface area contributed by atoms with Gasteiger partial charge in [0.15, 0.2) is 0 Å². The molecule has 52 heavy (non-hydrogen) atoms. The molecule has 282 valence electrons. The maximum Gasteiger partial charge on any atom is 0.267 e. The van der Waals surface area contributed by atoms with Crippen LogP contribution in [0, 0.1) is 26.2 Å². The molecule has 0 amide bonds. The third kappa shape index (κ3) is 9.73. The van der Waals surface area contributed by atoms with Gasteiger partial charge in [-0.2, -0.15) is 0 Å². The summed E-state index contributed by atoms with van der Waals surface area (Å²) in [6.07, 6.45) is -2.25. The summed E-state index contributed by atoms with van der Waals surface area (Å²) in [5.74, 6) is 0.788. The molecular formula is C41H51F2NO8. The fourth-order valence-electron chi connectivity index (χ4n) is 6.02. The van der Waals surface area contributed by atoms with Gasteiger partial charge in [-0.3, -0.25) is 0 Å². The van der Waals surface area contributed by atoms with Crippen molar-refractivity contribution in [2.75, 3.05) is 39.6 Å². The van der Waals surface area contributed by atoms with Crippen molar-refractivity contribution >= 4 is 0 Å². The van der Waals surface area contributed by atoms with Crippen molar-refractivity contribution in [3.05, 3.63) is 117 Å². The van der Waals surface area contributed by atoms with Crippen molar-refractivity contribution in [2.45, 2.75) is 65.3 Å². The lowest BCUT2D eigenvalue weighted by Gasteiger charge is -2.29. The van der Waals surface area contributed by atoms with Crippen LogP contribution < -0.4 is 14.8 Å². The first-order chi connectivity index (χ1) is 25.0. The molecule has 4 rings (SSSR count). The van der Waals surface area contributed by atoms with Gasteiger partial charge in [0.1, 0.15) is 24.7 Å². The second-order valence-corrected chi connectivity index (χ2v) is 13.6. The molecule has 11 heteroatoms. The standard InChI is InChI=1S/C41H51F2NO8/c1-27-16-31(18-44-41(24-48,25-49)26-50)11-12-37(27)51-19-32-6-4-8-34(28(32)2)35-9-5-7-33(29(35)3)20-52-38-13-10-30(17-36(38)39(42)43)14-15-40(21-45,22-46)23-47/h4-13,16-17,39,44-50H,14-15,18-26H2,1-3H3. The van der Waals surface area contributed by atoms with E-state index in [9.17, 15) is 39.4 Å². The van der Waals surface area contributed by atoms with Crippen LogP contribution >= 0.6 is 0 Å².